The van der Waals surface area contributed by atoms with Crippen molar-refractivity contribution in [2.45, 2.75) is 13.3 Å². The Kier molecular flexibility index (Phi) is 2.09. The van der Waals surface area contributed by atoms with Crippen LogP contribution < -0.4 is 5.73 Å². The predicted octanol–water partition coefficient (Wildman–Crippen LogP) is 2.32. The highest BCUT2D eigenvalue weighted by Gasteiger charge is 2.14. The summed E-state index contributed by atoms with van der Waals surface area (Å²) in [5.74, 6) is -0.150. The van der Waals surface area contributed by atoms with Crippen molar-refractivity contribution in [3.8, 4) is 6.07 Å². The summed E-state index contributed by atoms with van der Waals surface area (Å²) in [6.07, 6.45) is 0.739. The lowest BCUT2D eigenvalue weighted by Crippen LogP contribution is -1.87. The number of nitrogens with zero attached hydrogens (tertiary/aromatic N) is 1. The van der Waals surface area contributed by atoms with Crippen LogP contribution in [0.1, 0.15) is 18.1 Å². The third kappa shape index (κ3) is 1.24. The Balaban J connectivity index is 2.97. The highest BCUT2D eigenvalue weighted by Crippen LogP contribution is 2.29. The highest BCUT2D eigenvalue weighted by molar-refractivity contribution is 5.94. The first-order chi connectivity index (χ1) is 7.19. The van der Waals surface area contributed by atoms with Gasteiger partial charge >= 0.3 is 0 Å². The van der Waals surface area contributed by atoms with Gasteiger partial charge in [0.05, 0.1) is 5.52 Å². The van der Waals surface area contributed by atoms with Crippen molar-refractivity contribution in [3.63, 3.8) is 0 Å². The van der Waals surface area contributed by atoms with E-state index in [-0.39, 0.29) is 11.6 Å². The molecule has 2 rings (SSSR count). The van der Waals surface area contributed by atoms with Crippen LogP contribution in [0.3, 0.4) is 0 Å². The van der Waals surface area contributed by atoms with E-state index in [4.69, 9.17) is 11.0 Å². The van der Waals surface area contributed by atoms with Gasteiger partial charge in [-0.3, -0.25) is 0 Å². The van der Waals surface area contributed by atoms with Crippen molar-refractivity contribution < 1.29 is 4.39 Å². The molecule has 0 saturated carbocycles. The van der Waals surface area contributed by atoms with Crippen molar-refractivity contribution in [1.29, 1.82) is 5.26 Å². The molecule has 0 unspecified atom stereocenters. The van der Waals surface area contributed by atoms with Gasteiger partial charge in [-0.15, -0.1) is 0 Å². The van der Waals surface area contributed by atoms with Crippen LogP contribution in [0.2, 0.25) is 0 Å². The van der Waals surface area contributed by atoms with Crippen LogP contribution in [0, 0.1) is 17.1 Å². The summed E-state index contributed by atoms with van der Waals surface area (Å²) in [6, 6.07) is 5.07. The maximum atomic E-state index is 13.4. The van der Waals surface area contributed by atoms with E-state index in [0.29, 0.717) is 16.5 Å². The van der Waals surface area contributed by atoms with Gasteiger partial charge in [0.25, 0.3) is 0 Å². The molecular weight excluding hydrogens is 193 g/mol. The summed E-state index contributed by atoms with van der Waals surface area (Å²) in [7, 11) is 0. The summed E-state index contributed by atoms with van der Waals surface area (Å²) in [5, 5.41) is 9.55. The molecule has 1 heterocycles. The Morgan fingerprint density at radius 1 is 1.53 bits per heavy atom. The molecular formula is C11H10FN3. The second kappa shape index (κ2) is 3.28. The van der Waals surface area contributed by atoms with Gasteiger partial charge in [0.1, 0.15) is 23.3 Å². The van der Waals surface area contributed by atoms with Crippen molar-refractivity contribution in [1.82, 2.24) is 4.98 Å². The first kappa shape index (κ1) is 9.53. The first-order valence-corrected chi connectivity index (χ1v) is 4.67. The van der Waals surface area contributed by atoms with E-state index < -0.39 is 0 Å². The lowest BCUT2D eigenvalue weighted by atomic mass is 10.0. The molecule has 0 aliphatic rings. The molecule has 1 aromatic heterocycles. The number of hydrogen-bond acceptors (Lipinski definition) is 2. The molecule has 0 spiro atoms. The third-order valence-corrected chi connectivity index (χ3v) is 2.51. The summed E-state index contributed by atoms with van der Waals surface area (Å²) >= 11 is 0. The zero-order valence-electron chi connectivity index (χ0n) is 8.26. The van der Waals surface area contributed by atoms with Crippen LogP contribution in [-0.2, 0) is 6.42 Å². The van der Waals surface area contributed by atoms with Gasteiger partial charge in [-0.25, -0.2) is 4.39 Å². The van der Waals surface area contributed by atoms with Gasteiger partial charge in [-0.05, 0) is 18.1 Å². The molecule has 15 heavy (non-hydrogen) atoms. The molecule has 0 atom stereocenters. The fraction of sp³-hybridized carbons (Fsp3) is 0.182. The number of nitrogen functional groups attached to an aromatic ring is 1. The molecule has 4 heteroatoms. The minimum absolute atomic E-state index is 0.229. The van der Waals surface area contributed by atoms with Gasteiger partial charge in [-0.2, -0.15) is 5.26 Å². The normalized spacial score (nSPS) is 10.5. The summed E-state index contributed by atoms with van der Waals surface area (Å²) in [4.78, 5) is 2.70. The number of aryl methyl sites for hydroxylation is 1. The van der Waals surface area contributed by atoms with E-state index >= 15 is 0 Å². The molecule has 3 N–H and O–H groups in total. The molecule has 0 amide bonds. The zero-order chi connectivity index (χ0) is 11.0. The third-order valence-electron chi connectivity index (χ3n) is 2.51. The SMILES string of the molecule is CCc1ccc(F)c2[nH]c(N)c(C#N)c12. The number of nitrogens with two attached hydrogens (primary N) is 1. The largest absolute Gasteiger partial charge is 0.384 e. The van der Waals surface area contributed by atoms with Crippen molar-refractivity contribution in [3.05, 3.63) is 29.1 Å². The molecule has 0 bridgehead atoms. The topological polar surface area (TPSA) is 65.6 Å². The van der Waals surface area contributed by atoms with E-state index in [0.717, 1.165) is 12.0 Å². The van der Waals surface area contributed by atoms with Crippen LogP contribution in [0.4, 0.5) is 10.2 Å². The number of nitrogens with one attached hydrogen (secondary N) is 1. The number of nitriles is 1. The van der Waals surface area contributed by atoms with Crippen molar-refractivity contribution in [2.24, 2.45) is 0 Å². The number of fused-ring (bicyclic) bond motifs is 1. The molecule has 2 aromatic rings. The zero-order valence-corrected chi connectivity index (χ0v) is 8.26. The standard InChI is InChI=1S/C11H10FN3/c1-2-6-3-4-8(12)10-9(6)7(5-13)11(14)15-10/h3-4,15H,2,14H2,1H3. The van der Waals surface area contributed by atoms with Gasteiger partial charge in [0, 0.05) is 5.39 Å². The Morgan fingerprint density at radius 3 is 2.87 bits per heavy atom. The first-order valence-electron chi connectivity index (χ1n) is 4.67. The van der Waals surface area contributed by atoms with Crippen LogP contribution in [0.15, 0.2) is 12.1 Å². The molecule has 1 aromatic carbocycles. The molecule has 0 aliphatic heterocycles. The number of anilines is 1. The van der Waals surface area contributed by atoms with Gasteiger partial charge in [0.15, 0.2) is 0 Å². The summed E-state index contributed by atoms with van der Waals surface area (Å²) in [6.45, 7) is 1.96. The monoisotopic (exact) mass is 203 g/mol. The van der Waals surface area contributed by atoms with Crippen molar-refractivity contribution >= 4 is 16.7 Å². The molecule has 0 saturated heterocycles. The quantitative estimate of drug-likeness (QED) is 0.746. The van der Waals surface area contributed by atoms with Crippen LogP contribution in [-0.4, -0.2) is 4.98 Å². The minimum Gasteiger partial charge on any atom is -0.384 e. The number of aromatic amines is 1. The summed E-state index contributed by atoms with van der Waals surface area (Å²) < 4.78 is 13.4. The Labute approximate surface area is 86.3 Å². The van der Waals surface area contributed by atoms with Crippen molar-refractivity contribution in [2.75, 3.05) is 5.73 Å². The molecule has 3 nitrogen and oxygen atoms in total. The number of aromatic nitrogens is 1. The second-order valence-electron chi connectivity index (χ2n) is 3.34. The Hall–Kier alpha value is -2.02. The smallest absolute Gasteiger partial charge is 0.147 e. The number of halogens is 1. The average molecular weight is 203 g/mol. The molecule has 0 fully saturated rings. The number of hydrogen-bond donors (Lipinski definition) is 2. The van der Waals surface area contributed by atoms with E-state index in [1.807, 2.05) is 13.0 Å². The lowest BCUT2D eigenvalue weighted by molar-refractivity contribution is 0.637. The molecule has 76 valence electrons. The highest BCUT2D eigenvalue weighted by atomic mass is 19.1. The maximum absolute atomic E-state index is 13.4. The fourth-order valence-electron chi connectivity index (χ4n) is 1.77. The minimum atomic E-state index is -0.379. The van der Waals surface area contributed by atoms with Crippen LogP contribution in [0.25, 0.3) is 10.9 Å². The molecule has 0 aliphatic carbocycles. The van der Waals surface area contributed by atoms with Gasteiger partial charge in [0.2, 0.25) is 0 Å². The van der Waals surface area contributed by atoms with E-state index in [9.17, 15) is 4.39 Å². The van der Waals surface area contributed by atoms with E-state index in [2.05, 4.69) is 4.98 Å². The fourth-order valence-corrected chi connectivity index (χ4v) is 1.77. The number of H-pyrrole nitrogens is 1. The Bertz CT molecular complexity index is 563. The van der Waals surface area contributed by atoms with E-state index in [1.54, 1.807) is 6.07 Å². The van der Waals surface area contributed by atoms with Crippen LogP contribution in [0.5, 0.6) is 0 Å². The number of benzene rings is 1. The lowest BCUT2D eigenvalue weighted by Gasteiger charge is -2.00. The van der Waals surface area contributed by atoms with Gasteiger partial charge in [-0.1, -0.05) is 13.0 Å². The van der Waals surface area contributed by atoms with Crippen LogP contribution >= 0.6 is 0 Å². The molecule has 0 radical (unpaired) electrons. The van der Waals surface area contributed by atoms with Gasteiger partial charge < -0.3 is 10.7 Å². The Morgan fingerprint density at radius 2 is 2.27 bits per heavy atom. The maximum Gasteiger partial charge on any atom is 0.147 e. The predicted molar refractivity (Wildman–Crippen MR) is 56.8 cm³/mol. The number of rotatable bonds is 1. The average Bonchev–Trinajstić information content (AvgIpc) is 2.56. The second-order valence-corrected chi connectivity index (χ2v) is 3.34. The summed E-state index contributed by atoms with van der Waals surface area (Å²) in [5.41, 5.74) is 7.20. The van der Waals surface area contributed by atoms with E-state index in [1.165, 1.54) is 6.07 Å².